The third-order valence-corrected chi connectivity index (χ3v) is 6.00. The molecule has 0 spiro atoms. The molecule has 9 heteroatoms. The van der Waals surface area contributed by atoms with Crippen molar-refractivity contribution in [2.45, 2.75) is 33.4 Å². The Bertz CT molecular complexity index is 1370. The van der Waals surface area contributed by atoms with E-state index in [-0.39, 0.29) is 18.3 Å². The number of hydrogen-bond acceptors (Lipinski definition) is 5. The maximum Gasteiger partial charge on any atom is 0.269 e. The van der Waals surface area contributed by atoms with Crippen LogP contribution in [0, 0.1) is 6.92 Å². The lowest BCUT2D eigenvalue weighted by Crippen LogP contribution is -2.27. The summed E-state index contributed by atoms with van der Waals surface area (Å²) in [5.41, 5.74) is 3.59. The standard InChI is InChI=1S/C21H23N5O3S/c1-13(2)25-17-8-6-5-7-16(17)20-18(25)9-19(26(20)30(4,28)29)21(27)24-12-15-11-22-14(3)10-23-15/h5-11,13H,12H2,1-4H3,(H,24,27). The van der Waals surface area contributed by atoms with Crippen molar-refractivity contribution in [1.29, 1.82) is 0 Å². The van der Waals surface area contributed by atoms with Gasteiger partial charge >= 0.3 is 0 Å². The highest BCUT2D eigenvalue weighted by atomic mass is 32.2. The molecule has 0 saturated carbocycles. The van der Waals surface area contributed by atoms with Crippen molar-refractivity contribution in [3.63, 3.8) is 0 Å². The maximum absolute atomic E-state index is 13.0. The minimum atomic E-state index is -3.74. The molecule has 8 nitrogen and oxygen atoms in total. The summed E-state index contributed by atoms with van der Waals surface area (Å²) in [5, 5.41) is 3.55. The smallest absolute Gasteiger partial charge is 0.269 e. The summed E-state index contributed by atoms with van der Waals surface area (Å²) in [4.78, 5) is 21.4. The van der Waals surface area contributed by atoms with Crippen molar-refractivity contribution in [2.24, 2.45) is 0 Å². The molecule has 0 atom stereocenters. The van der Waals surface area contributed by atoms with E-state index in [4.69, 9.17) is 0 Å². The van der Waals surface area contributed by atoms with Crippen LogP contribution < -0.4 is 5.32 Å². The van der Waals surface area contributed by atoms with Crippen LogP contribution in [0.2, 0.25) is 0 Å². The molecule has 4 rings (SSSR count). The topological polar surface area (TPSA) is 98.9 Å². The molecule has 1 amide bonds. The number of nitrogens with zero attached hydrogens (tertiary/aromatic N) is 4. The molecule has 0 aliphatic heterocycles. The number of benzene rings is 1. The number of aryl methyl sites for hydroxylation is 1. The summed E-state index contributed by atoms with van der Waals surface area (Å²) in [6, 6.07) is 9.34. The minimum Gasteiger partial charge on any atom is -0.345 e. The lowest BCUT2D eigenvalue weighted by Gasteiger charge is -2.11. The van der Waals surface area contributed by atoms with E-state index in [2.05, 4.69) is 19.9 Å². The molecule has 3 heterocycles. The van der Waals surface area contributed by atoms with Crippen molar-refractivity contribution in [2.75, 3.05) is 6.26 Å². The molecule has 0 radical (unpaired) electrons. The Kier molecular flexibility index (Phi) is 4.85. The molecule has 30 heavy (non-hydrogen) atoms. The van der Waals surface area contributed by atoms with Crippen molar-refractivity contribution >= 4 is 37.9 Å². The van der Waals surface area contributed by atoms with Gasteiger partial charge in [0.25, 0.3) is 5.91 Å². The molecular formula is C21H23N5O3S. The van der Waals surface area contributed by atoms with Gasteiger partial charge in [-0.2, -0.15) is 0 Å². The largest absolute Gasteiger partial charge is 0.345 e. The van der Waals surface area contributed by atoms with Crippen molar-refractivity contribution in [3.8, 4) is 0 Å². The summed E-state index contributed by atoms with van der Waals surface area (Å²) in [7, 11) is -3.74. The molecule has 0 aliphatic carbocycles. The molecule has 0 fully saturated rings. The highest BCUT2D eigenvalue weighted by Crippen LogP contribution is 2.35. The lowest BCUT2D eigenvalue weighted by atomic mass is 10.2. The number of carbonyl (C=O) groups is 1. The van der Waals surface area contributed by atoms with Gasteiger partial charge in [-0.05, 0) is 32.9 Å². The minimum absolute atomic E-state index is 0.0720. The van der Waals surface area contributed by atoms with Gasteiger partial charge in [-0.15, -0.1) is 0 Å². The summed E-state index contributed by atoms with van der Waals surface area (Å²) >= 11 is 0. The van der Waals surface area contributed by atoms with E-state index >= 15 is 0 Å². The zero-order chi connectivity index (χ0) is 21.6. The number of para-hydroxylation sites is 1. The number of nitrogens with one attached hydrogen (secondary N) is 1. The second-order valence-electron chi connectivity index (χ2n) is 7.60. The number of aromatic nitrogens is 4. The van der Waals surface area contributed by atoms with E-state index in [0.29, 0.717) is 16.7 Å². The quantitative estimate of drug-likeness (QED) is 0.530. The van der Waals surface area contributed by atoms with Crippen molar-refractivity contribution in [1.82, 2.24) is 23.8 Å². The van der Waals surface area contributed by atoms with Gasteiger partial charge < -0.3 is 9.88 Å². The fourth-order valence-electron chi connectivity index (χ4n) is 3.76. The predicted octanol–water partition coefficient (Wildman–Crippen LogP) is 3.01. The van der Waals surface area contributed by atoms with Crippen LogP contribution in [0.3, 0.4) is 0 Å². The van der Waals surface area contributed by atoms with Crippen LogP contribution in [0.4, 0.5) is 0 Å². The first-order valence-electron chi connectivity index (χ1n) is 9.59. The van der Waals surface area contributed by atoms with Crippen LogP contribution in [0.5, 0.6) is 0 Å². The summed E-state index contributed by atoms with van der Waals surface area (Å²) < 4.78 is 28.6. The van der Waals surface area contributed by atoms with Gasteiger partial charge in [-0.1, -0.05) is 18.2 Å². The first kappa shape index (κ1) is 20.1. The highest BCUT2D eigenvalue weighted by molar-refractivity contribution is 7.89. The fraction of sp³-hybridized carbons (Fsp3) is 0.286. The summed E-state index contributed by atoms with van der Waals surface area (Å²) in [6.07, 6.45) is 4.31. The van der Waals surface area contributed by atoms with Gasteiger partial charge in [-0.3, -0.25) is 14.8 Å². The Balaban J connectivity index is 1.86. The van der Waals surface area contributed by atoms with E-state index in [0.717, 1.165) is 26.8 Å². The maximum atomic E-state index is 13.0. The van der Waals surface area contributed by atoms with E-state index < -0.39 is 15.9 Å². The average Bonchev–Trinajstić information content (AvgIpc) is 3.21. The van der Waals surface area contributed by atoms with Gasteiger partial charge in [0.1, 0.15) is 5.69 Å². The normalized spacial score (nSPS) is 12.2. The zero-order valence-corrected chi connectivity index (χ0v) is 18.1. The molecular weight excluding hydrogens is 402 g/mol. The Morgan fingerprint density at radius 3 is 2.50 bits per heavy atom. The Morgan fingerprint density at radius 1 is 1.13 bits per heavy atom. The molecule has 0 aliphatic rings. The lowest BCUT2D eigenvalue weighted by molar-refractivity contribution is 0.0944. The second kappa shape index (κ2) is 7.24. The zero-order valence-electron chi connectivity index (χ0n) is 17.2. The van der Waals surface area contributed by atoms with Crippen LogP contribution in [0.25, 0.3) is 21.9 Å². The Hall–Kier alpha value is -3.20. The number of fused-ring (bicyclic) bond motifs is 3. The molecule has 156 valence electrons. The monoisotopic (exact) mass is 425 g/mol. The number of hydrogen-bond donors (Lipinski definition) is 1. The number of carbonyl (C=O) groups excluding carboxylic acids is 1. The summed E-state index contributed by atoms with van der Waals surface area (Å²) in [6.45, 7) is 6.03. The summed E-state index contributed by atoms with van der Waals surface area (Å²) in [5.74, 6) is -0.488. The fourth-order valence-corrected chi connectivity index (χ4v) is 4.77. The number of amides is 1. The van der Waals surface area contributed by atoms with Crippen LogP contribution in [0.15, 0.2) is 42.7 Å². The molecule has 1 N–H and O–H groups in total. The number of rotatable bonds is 5. The molecule has 3 aromatic heterocycles. The van der Waals surface area contributed by atoms with Crippen LogP contribution in [0.1, 0.15) is 41.8 Å². The van der Waals surface area contributed by atoms with Gasteiger partial charge in [0.2, 0.25) is 10.0 Å². The van der Waals surface area contributed by atoms with Crippen molar-refractivity contribution in [3.05, 3.63) is 59.8 Å². The van der Waals surface area contributed by atoms with E-state index in [1.165, 1.54) is 0 Å². The average molecular weight is 426 g/mol. The molecule has 4 aromatic rings. The van der Waals surface area contributed by atoms with Crippen LogP contribution in [-0.2, 0) is 16.6 Å². The van der Waals surface area contributed by atoms with Gasteiger partial charge in [0.15, 0.2) is 0 Å². The second-order valence-corrected chi connectivity index (χ2v) is 9.43. The van der Waals surface area contributed by atoms with E-state index in [9.17, 15) is 13.2 Å². The Labute approximate surface area is 174 Å². The van der Waals surface area contributed by atoms with E-state index in [1.807, 2.05) is 45.0 Å². The highest BCUT2D eigenvalue weighted by Gasteiger charge is 2.27. The van der Waals surface area contributed by atoms with Crippen LogP contribution >= 0.6 is 0 Å². The molecule has 1 aromatic carbocycles. The van der Waals surface area contributed by atoms with Crippen molar-refractivity contribution < 1.29 is 13.2 Å². The van der Waals surface area contributed by atoms with Crippen LogP contribution in [-0.4, -0.2) is 39.1 Å². The molecule has 0 unspecified atom stereocenters. The predicted molar refractivity (Wildman–Crippen MR) is 116 cm³/mol. The first-order chi connectivity index (χ1) is 14.2. The SMILES string of the molecule is Cc1cnc(CNC(=O)c2cc3c(c4ccccc4n3C(C)C)n2S(C)(=O)=O)cn1. The third kappa shape index (κ3) is 3.35. The van der Waals surface area contributed by atoms with Gasteiger partial charge in [0, 0.05) is 17.6 Å². The van der Waals surface area contributed by atoms with Gasteiger partial charge in [0.05, 0.1) is 46.9 Å². The Morgan fingerprint density at radius 2 is 1.87 bits per heavy atom. The molecule has 0 bridgehead atoms. The van der Waals surface area contributed by atoms with Gasteiger partial charge in [-0.25, -0.2) is 12.4 Å². The molecule has 0 saturated heterocycles. The first-order valence-corrected chi connectivity index (χ1v) is 11.4. The third-order valence-electron chi connectivity index (χ3n) is 4.96. The van der Waals surface area contributed by atoms with E-state index in [1.54, 1.807) is 18.5 Å².